The van der Waals surface area contributed by atoms with Crippen molar-refractivity contribution in [2.75, 3.05) is 5.73 Å². The maximum absolute atomic E-state index is 5.69. The molecule has 0 bridgehead atoms. The van der Waals surface area contributed by atoms with Crippen molar-refractivity contribution in [3.63, 3.8) is 0 Å². The van der Waals surface area contributed by atoms with Gasteiger partial charge < -0.3 is 10.2 Å². The zero-order valence-electron chi connectivity index (χ0n) is 8.92. The standard InChI is InChI=1S/C12H10N2OS2/c13-8-3-4-10-11(6-8)15-12(14-10)17-7-9-2-1-5-16-9/h1-6H,7,13H2. The second-order valence-electron chi connectivity index (χ2n) is 3.57. The molecule has 0 fully saturated rings. The smallest absolute Gasteiger partial charge is 0.257 e. The minimum absolute atomic E-state index is 0.694. The lowest BCUT2D eigenvalue weighted by molar-refractivity contribution is 0.489. The molecule has 0 saturated carbocycles. The average Bonchev–Trinajstić information content (AvgIpc) is 2.94. The molecule has 1 aromatic carbocycles. The summed E-state index contributed by atoms with van der Waals surface area (Å²) in [5.41, 5.74) is 7.99. The molecule has 0 aliphatic heterocycles. The van der Waals surface area contributed by atoms with Crippen LogP contribution < -0.4 is 5.73 Å². The Labute approximate surface area is 107 Å². The Bertz CT molecular complexity index is 631. The van der Waals surface area contributed by atoms with Crippen LogP contribution in [-0.4, -0.2) is 4.98 Å². The summed E-state index contributed by atoms with van der Waals surface area (Å²) in [5, 5.41) is 2.77. The summed E-state index contributed by atoms with van der Waals surface area (Å²) in [5.74, 6) is 0.889. The lowest BCUT2D eigenvalue weighted by atomic mass is 10.3. The molecular formula is C12H10N2OS2. The Morgan fingerprint density at radius 3 is 3.12 bits per heavy atom. The number of nitrogen functional groups attached to an aromatic ring is 1. The molecule has 0 radical (unpaired) electrons. The SMILES string of the molecule is Nc1ccc2nc(SCc3cccs3)oc2c1. The summed E-state index contributed by atoms with van der Waals surface area (Å²) in [7, 11) is 0. The molecule has 2 N–H and O–H groups in total. The highest BCUT2D eigenvalue weighted by Gasteiger charge is 2.07. The van der Waals surface area contributed by atoms with E-state index in [9.17, 15) is 0 Å². The second kappa shape index (κ2) is 4.43. The molecule has 0 spiro atoms. The van der Waals surface area contributed by atoms with E-state index in [0.29, 0.717) is 10.9 Å². The molecule has 3 nitrogen and oxygen atoms in total. The minimum atomic E-state index is 0.694. The largest absolute Gasteiger partial charge is 0.431 e. The van der Waals surface area contributed by atoms with Crippen molar-refractivity contribution in [2.24, 2.45) is 0 Å². The predicted molar refractivity (Wildman–Crippen MR) is 72.3 cm³/mol. The highest BCUT2D eigenvalue weighted by molar-refractivity contribution is 7.98. The summed E-state index contributed by atoms with van der Waals surface area (Å²) < 4.78 is 5.62. The number of hydrogen-bond acceptors (Lipinski definition) is 5. The third-order valence-corrected chi connectivity index (χ3v) is 4.25. The normalized spacial score (nSPS) is 11.1. The third-order valence-electron chi connectivity index (χ3n) is 2.31. The Morgan fingerprint density at radius 1 is 1.35 bits per heavy atom. The van der Waals surface area contributed by atoms with E-state index < -0.39 is 0 Å². The molecule has 0 saturated heterocycles. The first-order chi connectivity index (χ1) is 8.31. The monoisotopic (exact) mass is 262 g/mol. The zero-order valence-corrected chi connectivity index (χ0v) is 10.6. The number of anilines is 1. The van der Waals surface area contributed by atoms with E-state index in [-0.39, 0.29) is 0 Å². The molecule has 17 heavy (non-hydrogen) atoms. The van der Waals surface area contributed by atoms with Gasteiger partial charge in [0.2, 0.25) is 0 Å². The molecule has 0 unspecified atom stereocenters. The van der Waals surface area contributed by atoms with Crippen LogP contribution in [0, 0.1) is 0 Å². The van der Waals surface area contributed by atoms with Crippen LogP contribution in [0.1, 0.15) is 4.88 Å². The fraction of sp³-hybridized carbons (Fsp3) is 0.0833. The fourth-order valence-electron chi connectivity index (χ4n) is 1.51. The van der Waals surface area contributed by atoms with Gasteiger partial charge >= 0.3 is 0 Å². The number of aromatic nitrogens is 1. The van der Waals surface area contributed by atoms with E-state index in [1.165, 1.54) is 4.88 Å². The van der Waals surface area contributed by atoms with Gasteiger partial charge in [0.25, 0.3) is 5.22 Å². The van der Waals surface area contributed by atoms with E-state index in [2.05, 4.69) is 16.4 Å². The van der Waals surface area contributed by atoms with Gasteiger partial charge in [0.1, 0.15) is 5.52 Å². The van der Waals surface area contributed by atoms with Gasteiger partial charge in [-0.05, 0) is 23.6 Å². The first-order valence-corrected chi connectivity index (χ1v) is 6.99. The molecular weight excluding hydrogens is 252 g/mol. The maximum atomic E-state index is 5.69. The van der Waals surface area contributed by atoms with Gasteiger partial charge in [0.05, 0.1) is 0 Å². The van der Waals surface area contributed by atoms with E-state index in [1.807, 2.05) is 18.2 Å². The van der Waals surface area contributed by atoms with Crippen LogP contribution in [0.2, 0.25) is 0 Å². The van der Waals surface area contributed by atoms with Crippen LogP contribution in [-0.2, 0) is 5.75 Å². The van der Waals surface area contributed by atoms with Crippen LogP contribution >= 0.6 is 23.1 Å². The number of thiophene rings is 1. The molecule has 86 valence electrons. The van der Waals surface area contributed by atoms with Gasteiger partial charge in [-0.15, -0.1) is 11.3 Å². The number of thioether (sulfide) groups is 1. The molecule has 2 aromatic heterocycles. The van der Waals surface area contributed by atoms with E-state index in [4.69, 9.17) is 10.2 Å². The Hall–Kier alpha value is -1.46. The topological polar surface area (TPSA) is 52.0 Å². The predicted octanol–water partition coefficient (Wildman–Crippen LogP) is 3.76. The Kier molecular flexibility index (Phi) is 2.78. The maximum Gasteiger partial charge on any atom is 0.257 e. The zero-order chi connectivity index (χ0) is 11.7. The van der Waals surface area contributed by atoms with Gasteiger partial charge in [-0.1, -0.05) is 17.8 Å². The van der Waals surface area contributed by atoms with Gasteiger partial charge in [0, 0.05) is 22.4 Å². The van der Waals surface area contributed by atoms with Crippen molar-refractivity contribution in [2.45, 2.75) is 11.0 Å². The van der Waals surface area contributed by atoms with E-state index >= 15 is 0 Å². The van der Waals surface area contributed by atoms with Crippen LogP contribution in [0.5, 0.6) is 0 Å². The fourth-order valence-corrected chi connectivity index (χ4v) is 3.12. The van der Waals surface area contributed by atoms with Crippen molar-refractivity contribution >= 4 is 39.9 Å². The molecule has 0 aliphatic rings. The number of rotatable bonds is 3. The van der Waals surface area contributed by atoms with Gasteiger partial charge in [0.15, 0.2) is 5.58 Å². The number of nitrogens with zero attached hydrogens (tertiary/aromatic N) is 1. The van der Waals surface area contributed by atoms with Crippen LogP contribution in [0.3, 0.4) is 0 Å². The lowest BCUT2D eigenvalue weighted by Crippen LogP contribution is -1.81. The van der Waals surface area contributed by atoms with Crippen molar-refractivity contribution in [3.8, 4) is 0 Å². The van der Waals surface area contributed by atoms with Crippen molar-refractivity contribution in [1.29, 1.82) is 0 Å². The van der Waals surface area contributed by atoms with Crippen molar-refractivity contribution < 1.29 is 4.42 Å². The summed E-state index contributed by atoms with van der Waals surface area (Å²) in [4.78, 5) is 5.72. The highest BCUT2D eigenvalue weighted by Crippen LogP contribution is 2.28. The molecule has 3 rings (SSSR count). The quantitative estimate of drug-likeness (QED) is 0.576. The Morgan fingerprint density at radius 2 is 2.29 bits per heavy atom. The average molecular weight is 262 g/mol. The molecule has 0 amide bonds. The summed E-state index contributed by atoms with van der Waals surface area (Å²) in [6.07, 6.45) is 0. The second-order valence-corrected chi connectivity index (χ2v) is 5.53. The summed E-state index contributed by atoms with van der Waals surface area (Å²) >= 11 is 3.34. The van der Waals surface area contributed by atoms with E-state index in [0.717, 1.165) is 16.9 Å². The van der Waals surface area contributed by atoms with Crippen molar-refractivity contribution in [1.82, 2.24) is 4.98 Å². The number of fused-ring (bicyclic) bond motifs is 1. The van der Waals surface area contributed by atoms with Gasteiger partial charge in [-0.25, -0.2) is 4.98 Å². The minimum Gasteiger partial charge on any atom is -0.431 e. The first-order valence-electron chi connectivity index (χ1n) is 5.12. The first kappa shape index (κ1) is 10.7. The molecule has 0 atom stereocenters. The number of hydrogen-bond donors (Lipinski definition) is 1. The van der Waals surface area contributed by atoms with Crippen LogP contribution in [0.4, 0.5) is 5.69 Å². The van der Waals surface area contributed by atoms with Gasteiger partial charge in [-0.3, -0.25) is 0 Å². The molecule has 3 aromatic rings. The number of benzene rings is 1. The molecule has 5 heteroatoms. The van der Waals surface area contributed by atoms with Crippen molar-refractivity contribution in [3.05, 3.63) is 40.6 Å². The van der Waals surface area contributed by atoms with E-state index in [1.54, 1.807) is 29.2 Å². The summed E-state index contributed by atoms with van der Waals surface area (Å²) in [6.45, 7) is 0. The number of nitrogens with two attached hydrogens (primary N) is 1. The van der Waals surface area contributed by atoms with Gasteiger partial charge in [-0.2, -0.15) is 0 Å². The Balaban J connectivity index is 1.81. The van der Waals surface area contributed by atoms with Crippen LogP contribution in [0.15, 0.2) is 45.4 Å². The number of oxazole rings is 1. The summed E-state index contributed by atoms with van der Waals surface area (Å²) in [6, 6.07) is 9.67. The third kappa shape index (κ3) is 2.30. The lowest BCUT2D eigenvalue weighted by Gasteiger charge is -1.91. The molecule has 2 heterocycles. The molecule has 0 aliphatic carbocycles. The highest BCUT2D eigenvalue weighted by atomic mass is 32.2. The van der Waals surface area contributed by atoms with Crippen LogP contribution in [0.25, 0.3) is 11.1 Å².